The van der Waals surface area contributed by atoms with Gasteiger partial charge in [-0.25, -0.2) is 0 Å². The molecular weight excluding hydrogens is 346 g/mol. The van der Waals surface area contributed by atoms with Gasteiger partial charge < -0.3 is 10.0 Å². The van der Waals surface area contributed by atoms with E-state index in [4.69, 9.17) is 16.7 Å². The van der Waals surface area contributed by atoms with E-state index in [1.165, 1.54) is 0 Å². The van der Waals surface area contributed by atoms with E-state index in [1.807, 2.05) is 6.92 Å². The number of halogens is 2. The zero-order chi connectivity index (χ0) is 14.9. The number of aliphatic carboxylic acids is 1. The molecule has 1 heterocycles. The van der Waals surface area contributed by atoms with Crippen molar-refractivity contribution in [2.45, 2.75) is 25.8 Å². The van der Waals surface area contributed by atoms with E-state index in [1.54, 1.807) is 23.1 Å². The minimum absolute atomic E-state index is 0.0258. The van der Waals surface area contributed by atoms with Crippen LogP contribution in [-0.4, -0.2) is 34.5 Å². The Labute approximate surface area is 130 Å². The molecule has 0 spiro atoms. The van der Waals surface area contributed by atoms with Crippen molar-refractivity contribution in [2.75, 3.05) is 6.54 Å². The van der Waals surface area contributed by atoms with Gasteiger partial charge >= 0.3 is 5.97 Å². The van der Waals surface area contributed by atoms with Crippen molar-refractivity contribution in [1.29, 1.82) is 0 Å². The highest BCUT2D eigenvalue weighted by Crippen LogP contribution is 2.27. The molecule has 0 aromatic heterocycles. The molecule has 1 saturated heterocycles. The van der Waals surface area contributed by atoms with Crippen LogP contribution in [0.2, 0.25) is 5.02 Å². The summed E-state index contributed by atoms with van der Waals surface area (Å²) < 4.78 is 0.800. The van der Waals surface area contributed by atoms with Crippen LogP contribution in [0.1, 0.15) is 30.1 Å². The minimum atomic E-state index is -0.850. The van der Waals surface area contributed by atoms with Gasteiger partial charge in [-0.2, -0.15) is 0 Å². The van der Waals surface area contributed by atoms with Gasteiger partial charge in [0, 0.05) is 17.1 Å². The topological polar surface area (TPSA) is 57.6 Å². The van der Waals surface area contributed by atoms with E-state index in [-0.39, 0.29) is 18.5 Å². The zero-order valence-electron chi connectivity index (χ0n) is 11.0. The third-order valence-electron chi connectivity index (χ3n) is 3.65. The third kappa shape index (κ3) is 3.15. The lowest BCUT2D eigenvalue weighted by molar-refractivity contribution is -0.143. The van der Waals surface area contributed by atoms with E-state index < -0.39 is 11.9 Å². The van der Waals surface area contributed by atoms with Crippen LogP contribution in [0.25, 0.3) is 0 Å². The first-order valence-corrected chi connectivity index (χ1v) is 7.56. The molecule has 0 saturated carbocycles. The molecule has 1 aliphatic rings. The number of nitrogens with zero attached hydrogens (tertiary/aromatic N) is 1. The second-order valence-electron chi connectivity index (χ2n) is 5.04. The average Bonchev–Trinajstić information content (AvgIpc) is 2.38. The number of likely N-dealkylation sites (tertiary alicyclic amines) is 1. The molecule has 1 fully saturated rings. The first kappa shape index (κ1) is 15.3. The maximum absolute atomic E-state index is 12.5. The van der Waals surface area contributed by atoms with E-state index in [0.717, 1.165) is 4.47 Å². The Balaban J connectivity index is 2.24. The fourth-order valence-corrected chi connectivity index (χ4v) is 3.16. The van der Waals surface area contributed by atoms with Gasteiger partial charge in [0.1, 0.15) is 0 Å². The summed E-state index contributed by atoms with van der Waals surface area (Å²) in [7, 11) is 0. The summed E-state index contributed by atoms with van der Waals surface area (Å²) in [6.45, 7) is 2.17. The lowest BCUT2D eigenvalue weighted by Gasteiger charge is -2.36. The van der Waals surface area contributed by atoms with Gasteiger partial charge in [0.2, 0.25) is 0 Å². The second-order valence-corrected chi connectivity index (χ2v) is 6.37. The monoisotopic (exact) mass is 359 g/mol. The van der Waals surface area contributed by atoms with Crippen LogP contribution in [0.15, 0.2) is 22.7 Å². The predicted molar refractivity (Wildman–Crippen MR) is 80.0 cm³/mol. The highest BCUT2D eigenvalue weighted by atomic mass is 79.9. The van der Waals surface area contributed by atoms with Crippen LogP contribution in [0.5, 0.6) is 0 Å². The first-order chi connectivity index (χ1) is 9.40. The van der Waals surface area contributed by atoms with Crippen LogP contribution in [0, 0.1) is 5.92 Å². The summed E-state index contributed by atoms with van der Waals surface area (Å²) in [5, 5.41) is 9.48. The van der Waals surface area contributed by atoms with Gasteiger partial charge in [-0.05, 0) is 38.0 Å². The lowest BCUT2D eigenvalue weighted by atomic mass is 9.93. The number of hydrogen-bond donors (Lipinski definition) is 1. The van der Waals surface area contributed by atoms with Crippen molar-refractivity contribution < 1.29 is 14.7 Å². The van der Waals surface area contributed by atoms with E-state index >= 15 is 0 Å². The van der Waals surface area contributed by atoms with Crippen molar-refractivity contribution in [2.24, 2.45) is 5.92 Å². The lowest BCUT2D eigenvalue weighted by Crippen LogP contribution is -2.47. The van der Waals surface area contributed by atoms with Gasteiger partial charge in [-0.15, -0.1) is 0 Å². The van der Waals surface area contributed by atoms with Crippen LogP contribution in [0.4, 0.5) is 0 Å². The first-order valence-electron chi connectivity index (χ1n) is 6.39. The molecule has 1 aromatic rings. The molecule has 1 amide bonds. The van der Waals surface area contributed by atoms with Gasteiger partial charge in [0.25, 0.3) is 5.91 Å². The van der Waals surface area contributed by atoms with Crippen molar-refractivity contribution in [3.05, 3.63) is 33.3 Å². The Hall–Kier alpha value is -1.07. The Morgan fingerprint density at radius 1 is 1.40 bits per heavy atom. The maximum Gasteiger partial charge on any atom is 0.308 e. The molecule has 1 aliphatic heterocycles. The molecule has 2 rings (SSSR count). The van der Waals surface area contributed by atoms with Crippen molar-refractivity contribution in [3.63, 3.8) is 0 Å². The summed E-state index contributed by atoms with van der Waals surface area (Å²) >= 11 is 9.39. The van der Waals surface area contributed by atoms with Gasteiger partial charge in [0.05, 0.1) is 16.5 Å². The van der Waals surface area contributed by atoms with E-state index in [9.17, 15) is 9.59 Å². The normalized spacial score (nSPS) is 22.6. The molecule has 0 bridgehead atoms. The molecule has 2 atom stereocenters. The number of carboxylic acids is 1. The summed E-state index contributed by atoms with van der Waals surface area (Å²) in [5.41, 5.74) is 0.410. The average molecular weight is 361 g/mol. The fraction of sp³-hybridized carbons (Fsp3) is 0.429. The van der Waals surface area contributed by atoms with Crippen LogP contribution in [0.3, 0.4) is 0 Å². The number of benzene rings is 1. The SMILES string of the molecule is CC1CCC(C(=O)O)CN1C(=O)c1ccc(Br)cc1Cl. The molecule has 20 heavy (non-hydrogen) atoms. The van der Waals surface area contributed by atoms with Gasteiger partial charge in [-0.3, -0.25) is 9.59 Å². The van der Waals surface area contributed by atoms with Crippen molar-refractivity contribution in [1.82, 2.24) is 4.90 Å². The number of amides is 1. The smallest absolute Gasteiger partial charge is 0.308 e. The Bertz CT molecular complexity index is 549. The number of hydrogen-bond acceptors (Lipinski definition) is 2. The van der Waals surface area contributed by atoms with Crippen molar-refractivity contribution >= 4 is 39.4 Å². The van der Waals surface area contributed by atoms with E-state index in [2.05, 4.69) is 15.9 Å². The number of carboxylic acid groups (broad SMARTS) is 1. The molecule has 4 nitrogen and oxygen atoms in total. The molecular formula is C14H15BrClNO3. The standard InChI is InChI=1S/C14H15BrClNO3/c1-8-2-3-9(14(19)20)7-17(8)13(18)11-5-4-10(15)6-12(11)16/h4-6,8-9H,2-3,7H2,1H3,(H,19,20). The Morgan fingerprint density at radius 3 is 2.70 bits per heavy atom. The summed E-state index contributed by atoms with van der Waals surface area (Å²) in [6, 6.07) is 5.10. The fourth-order valence-electron chi connectivity index (χ4n) is 2.41. The largest absolute Gasteiger partial charge is 0.481 e. The van der Waals surface area contributed by atoms with Crippen LogP contribution >= 0.6 is 27.5 Å². The maximum atomic E-state index is 12.5. The molecule has 0 radical (unpaired) electrons. The third-order valence-corrected chi connectivity index (χ3v) is 4.46. The summed E-state index contributed by atoms with van der Waals surface area (Å²) in [4.78, 5) is 25.3. The van der Waals surface area contributed by atoms with Crippen molar-refractivity contribution in [3.8, 4) is 0 Å². The molecule has 6 heteroatoms. The minimum Gasteiger partial charge on any atom is -0.481 e. The summed E-state index contributed by atoms with van der Waals surface area (Å²) in [6.07, 6.45) is 1.30. The molecule has 1 N–H and O–H groups in total. The second kappa shape index (κ2) is 6.14. The quantitative estimate of drug-likeness (QED) is 0.879. The van der Waals surface area contributed by atoms with E-state index in [0.29, 0.717) is 23.4 Å². The number of carbonyl (C=O) groups excluding carboxylic acids is 1. The molecule has 1 aromatic carbocycles. The molecule has 2 unspecified atom stereocenters. The zero-order valence-corrected chi connectivity index (χ0v) is 13.3. The highest BCUT2D eigenvalue weighted by molar-refractivity contribution is 9.10. The summed E-state index contributed by atoms with van der Waals surface area (Å²) in [5.74, 6) is -1.55. The highest BCUT2D eigenvalue weighted by Gasteiger charge is 2.33. The molecule has 0 aliphatic carbocycles. The molecule has 108 valence electrons. The Kier molecular flexibility index (Phi) is 4.70. The number of rotatable bonds is 2. The number of piperidine rings is 1. The predicted octanol–water partition coefficient (Wildman–Crippen LogP) is 3.43. The van der Waals surface area contributed by atoms with Crippen LogP contribution in [-0.2, 0) is 4.79 Å². The van der Waals surface area contributed by atoms with Gasteiger partial charge in [-0.1, -0.05) is 27.5 Å². The van der Waals surface area contributed by atoms with Crippen LogP contribution < -0.4 is 0 Å². The number of carbonyl (C=O) groups is 2. The van der Waals surface area contributed by atoms with Gasteiger partial charge in [0.15, 0.2) is 0 Å². The Morgan fingerprint density at radius 2 is 2.10 bits per heavy atom.